The number of rotatable bonds is 2. The highest BCUT2D eigenvalue weighted by atomic mass is 16.2. The van der Waals surface area contributed by atoms with E-state index in [0.29, 0.717) is 6.54 Å². The van der Waals surface area contributed by atoms with Crippen LogP contribution in [0.5, 0.6) is 0 Å². The highest BCUT2D eigenvalue weighted by Crippen LogP contribution is 2.04. The van der Waals surface area contributed by atoms with Crippen molar-refractivity contribution in [2.45, 2.75) is 13.0 Å². The fraction of sp³-hybridized carbons (Fsp3) is 0.556. The number of piperazine rings is 1. The third-order valence-electron chi connectivity index (χ3n) is 2.09. The lowest BCUT2D eigenvalue weighted by Crippen LogP contribution is -2.55. The van der Waals surface area contributed by atoms with E-state index in [4.69, 9.17) is 5.41 Å². The maximum atomic E-state index is 11.5. The lowest BCUT2D eigenvalue weighted by Gasteiger charge is -2.32. The second-order valence-corrected chi connectivity index (χ2v) is 3.25. The fourth-order valence-corrected chi connectivity index (χ4v) is 1.42. The first-order valence-corrected chi connectivity index (χ1v) is 4.62. The van der Waals surface area contributed by atoms with Crippen LogP contribution >= 0.6 is 0 Å². The van der Waals surface area contributed by atoms with Crippen molar-refractivity contribution in [3.8, 4) is 0 Å². The number of nitrogens with zero attached hydrogens (tertiary/aromatic N) is 1. The lowest BCUT2D eigenvalue weighted by atomic mass is 10.2. The van der Waals surface area contributed by atoms with E-state index in [1.54, 1.807) is 19.3 Å². The Morgan fingerprint density at radius 2 is 2.50 bits per heavy atom. The van der Waals surface area contributed by atoms with Gasteiger partial charge in [-0.3, -0.25) is 15.1 Å². The van der Waals surface area contributed by atoms with E-state index in [0.717, 1.165) is 6.54 Å². The van der Waals surface area contributed by atoms with E-state index in [1.165, 1.54) is 4.90 Å². The molecule has 1 aliphatic rings. The number of amides is 1. The molecule has 0 aromatic heterocycles. The molecule has 1 rings (SSSR count). The molecule has 0 aromatic rings. The van der Waals surface area contributed by atoms with Crippen LogP contribution in [0.15, 0.2) is 12.3 Å². The average Bonchev–Trinajstić information content (AvgIpc) is 2.14. The van der Waals surface area contributed by atoms with Crippen molar-refractivity contribution >= 4 is 11.7 Å². The van der Waals surface area contributed by atoms with Gasteiger partial charge < -0.3 is 10.6 Å². The van der Waals surface area contributed by atoms with Crippen LogP contribution < -0.4 is 10.6 Å². The van der Waals surface area contributed by atoms with E-state index in [-0.39, 0.29) is 17.8 Å². The van der Waals surface area contributed by atoms with Gasteiger partial charge in [-0.1, -0.05) is 0 Å². The Morgan fingerprint density at radius 1 is 1.79 bits per heavy atom. The largest absolute Gasteiger partial charge is 0.394 e. The molecule has 0 bridgehead atoms. The smallest absolute Gasteiger partial charge is 0.242 e. The van der Waals surface area contributed by atoms with E-state index < -0.39 is 0 Å². The van der Waals surface area contributed by atoms with Gasteiger partial charge in [-0.25, -0.2) is 0 Å². The molecule has 1 fully saturated rings. The van der Waals surface area contributed by atoms with E-state index >= 15 is 0 Å². The Hall–Kier alpha value is -1.36. The first kappa shape index (κ1) is 10.7. The third kappa shape index (κ3) is 2.32. The number of carbonyl (C=O) groups is 1. The Kier molecular flexibility index (Phi) is 3.64. The molecule has 0 aliphatic carbocycles. The van der Waals surface area contributed by atoms with E-state index in [2.05, 4.69) is 10.6 Å². The zero-order chi connectivity index (χ0) is 10.6. The number of amidine groups is 1. The molecular formula is C9H16N4O. The van der Waals surface area contributed by atoms with Gasteiger partial charge in [0.2, 0.25) is 5.91 Å². The molecule has 0 aromatic carbocycles. The number of hydrogen-bond acceptors (Lipinski definition) is 4. The molecule has 1 heterocycles. The van der Waals surface area contributed by atoms with Crippen molar-refractivity contribution in [3.63, 3.8) is 0 Å². The zero-order valence-corrected chi connectivity index (χ0v) is 8.50. The summed E-state index contributed by atoms with van der Waals surface area (Å²) in [6, 6.07) is 0.0465. The van der Waals surface area contributed by atoms with E-state index in [1.807, 2.05) is 6.92 Å². The first-order valence-electron chi connectivity index (χ1n) is 4.62. The molecule has 1 amide bonds. The minimum Gasteiger partial charge on any atom is -0.394 e. The van der Waals surface area contributed by atoms with Gasteiger partial charge in [-0.2, -0.15) is 0 Å². The molecule has 14 heavy (non-hydrogen) atoms. The summed E-state index contributed by atoms with van der Waals surface area (Å²) in [4.78, 5) is 13.0. The third-order valence-corrected chi connectivity index (χ3v) is 2.09. The molecule has 0 spiro atoms. The van der Waals surface area contributed by atoms with Crippen LogP contribution in [-0.4, -0.2) is 42.8 Å². The summed E-state index contributed by atoms with van der Waals surface area (Å²) < 4.78 is 0. The van der Waals surface area contributed by atoms with Gasteiger partial charge in [-0.15, -0.1) is 0 Å². The van der Waals surface area contributed by atoms with Crippen LogP contribution in [0, 0.1) is 5.41 Å². The van der Waals surface area contributed by atoms with Crippen LogP contribution in [0.4, 0.5) is 0 Å². The second-order valence-electron chi connectivity index (χ2n) is 3.25. The van der Waals surface area contributed by atoms with Gasteiger partial charge >= 0.3 is 0 Å². The number of nitrogens with one attached hydrogen (secondary N) is 3. The van der Waals surface area contributed by atoms with Crippen LogP contribution in [0.1, 0.15) is 6.92 Å². The molecule has 78 valence electrons. The molecule has 1 aliphatic heterocycles. The van der Waals surface area contributed by atoms with Crippen molar-refractivity contribution in [2.75, 3.05) is 20.1 Å². The highest BCUT2D eigenvalue weighted by molar-refractivity contribution is 6.03. The summed E-state index contributed by atoms with van der Waals surface area (Å²) in [5, 5.41) is 13.5. The van der Waals surface area contributed by atoms with Crippen LogP contribution in [-0.2, 0) is 4.79 Å². The average molecular weight is 196 g/mol. The molecule has 0 unspecified atom stereocenters. The van der Waals surface area contributed by atoms with E-state index in [9.17, 15) is 4.79 Å². The molecule has 1 saturated heterocycles. The first-order chi connectivity index (χ1) is 6.66. The molecule has 0 radical (unpaired) electrons. The predicted molar refractivity (Wildman–Crippen MR) is 55.1 cm³/mol. The second kappa shape index (κ2) is 4.76. The lowest BCUT2D eigenvalue weighted by molar-refractivity contribution is -0.129. The van der Waals surface area contributed by atoms with Gasteiger partial charge in [0.1, 0.15) is 5.84 Å². The zero-order valence-electron chi connectivity index (χ0n) is 8.50. The van der Waals surface area contributed by atoms with Gasteiger partial charge in [0, 0.05) is 19.6 Å². The molecular weight excluding hydrogens is 180 g/mol. The Balaban J connectivity index is 2.67. The summed E-state index contributed by atoms with van der Waals surface area (Å²) in [6.07, 6.45) is 3.23. The minimum absolute atomic E-state index is 0.0465. The van der Waals surface area contributed by atoms with Gasteiger partial charge in [0.15, 0.2) is 0 Å². The fourth-order valence-electron chi connectivity index (χ4n) is 1.42. The molecule has 1 atom stereocenters. The predicted octanol–water partition coefficient (Wildman–Crippen LogP) is -0.483. The maximum Gasteiger partial charge on any atom is 0.242 e. The Bertz CT molecular complexity index is 262. The SMILES string of the molecule is CN/C=C\C(=N)N1C(=O)CNC[C@@H]1C. The van der Waals surface area contributed by atoms with Crippen molar-refractivity contribution in [3.05, 3.63) is 12.3 Å². The standard InChI is InChI=1S/C9H16N4O/c1-7-5-12-6-9(14)13(7)8(10)3-4-11-2/h3-4,7,10-12H,5-6H2,1-2H3/b4-3-,10-8?/t7-/m0/s1. The number of carbonyl (C=O) groups excluding carboxylic acids is 1. The summed E-state index contributed by atoms with van der Waals surface area (Å²) in [7, 11) is 1.76. The van der Waals surface area contributed by atoms with Crippen LogP contribution in [0.3, 0.4) is 0 Å². The molecule has 5 nitrogen and oxygen atoms in total. The molecule has 5 heteroatoms. The topological polar surface area (TPSA) is 68.2 Å². The molecule has 3 N–H and O–H groups in total. The summed E-state index contributed by atoms with van der Waals surface area (Å²) in [6.45, 7) is 2.98. The molecule has 0 saturated carbocycles. The van der Waals surface area contributed by atoms with Crippen molar-refractivity contribution in [1.29, 1.82) is 5.41 Å². The highest BCUT2D eigenvalue weighted by Gasteiger charge is 2.26. The van der Waals surface area contributed by atoms with Gasteiger partial charge in [0.25, 0.3) is 0 Å². The van der Waals surface area contributed by atoms with Crippen LogP contribution in [0.25, 0.3) is 0 Å². The minimum atomic E-state index is -0.0468. The Morgan fingerprint density at radius 3 is 3.07 bits per heavy atom. The number of hydrogen-bond donors (Lipinski definition) is 3. The summed E-state index contributed by atoms with van der Waals surface area (Å²) in [5.41, 5.74) is 0. The quantitative estimate of drug-likeness (QED) is 0.412. The van der Waals surface area contributed by atoms with Gasteiger partial charge in [0.05, 0.1) is 6.54 Å². The van der Waals surface area contributed by atoms with Gasteiger partial charge in [-0.05, 0) is 19.2 Å². The normalized spacial score (nSPS) is 22.9. The van der Waals surface area contributed by atoms with Crippen molar-refractivity contribution in [1.82, 2.24) is 15.5 Å². The summed E-state index contributed by atoms with van der Waals surface area (Å²) >= 11 is 0. The van der Waals surface area contributed by atoms with Crippen molar-refractivity contribution < 1.29 is 4.79 Å². The Labute approximate surface area is 83.7 Å². The van der Waals surface area contributed by atoms with Crippen molar-refractivity contribution in [2.24, 2.45) is 0 Å². The van der Waals surface area contributed by atoms with Crippen LogP contribution in [0.2, 0.25) is 0 Å². The monoisotopic (exact) mass is 196 g/mol. The summed E-state index contributed by atoms with van der Waals surface area (Å²) in [5.74, 6) is 0.188. The maximum absolute atomic E-state index is 11.5.